The van der Waals surface area contributed by atoms with Crippen LogP contribution in [0.3, 0.4) is 0 Å². The van der Waals surface area contributed by atoms with E-state index in [0.29, 0.717) is 12.1 Å². The minimum absolute atomic E-state index is 0.143. The lowest BCUT2D eigenvalue weighted by atomic mass is 10.0. The Morgan fingerprint density at radius 3 is 2.78 bits per heavy atom. The Labute approximate surface area is 138 Å². The van der Waals surface area contributed by atoms with Gasteiger partial charge in [0.1, 0.15) is 11.0 Å². The zero-order valence-electron chi connectivity index (χ0n) is 12.9. The van der Waals surface area contributed by atoms with Gasteiger partial charge in [0.2, 0.25) is 0 Å². The highest BCUT2D eigenvalue weighted by molar-refractivity contribution is 7.00. The number of hydrogen-bond donors (Lipinski definition) is 1. The van der Waals surface area contributed by atoms with Crippen molar-refractivity contribution in [3.8, 4) is 0 Å². The Hall–Kier alpha value is -2.31. The van der Waals surface area contributed by atoms with Gasteiger partial charge in [-0.15, -0.1) is 0 Å². The van der Waals surface area contributed by atoms with Crippen LogP contribution in [-0.2, 0) is 4.74 Å². The summed E-state index contributed by atoms with van der Waals surface area (Å²) in [7, 11) is 1.65. The summed E-state index contributed by atoms with van der Waals surface area (Å²) in [5.41, 5.74) is 4.34. The third-order valence-corrected chi connectivity index (χ3v) is 4.34. The van der Waals surface area contributed by atoms with Crippen molar-refractivity contribution in [2.75, 3.05) is 13.7 Å². The molecule has 0 aliphatic rings. The minimum Gasteiger partial charge on any atom is -0.375 e. The number of carbonyl (C=O) groups excluding carboxylic acids is 1. The van der Waals surface area contributed by atoms with Gasteiger partial charge in [0.25, 0.3) is 5.91 Å². The van der Waals surface area contributed by atoms with Crippen molar-refractivity contribution in [3.63, 3.8) is 0 Å². The van der Waals surface area contributed by atoms with E-state index in [1.807, 2.05) is 37.3 Å². The van der Waals surface area contributed by atoms with Crippen LogP contribution < -0.4 is 5.32 Å². The molecule has 5 nitrogen and oxygen atoms in total. The van der Waals surface area contributed by atoms with Crippen molar-refractivity contribution in [1.29, 1.82) is 0 Å². The van der Waals surface area contributed by atoms with Crippen molar-refractivity contribution in [2.24, 2.45) is 0 Å². The summed E-state index contributed by atoms with van der Waals surface area (Å²) in [5, 5.41) is 2.92. The first-order chi connectivity index (χ1) is 11.2. The van der Waals surface area contributed by atoms with E-state index in [1.54, 1.807) is 19.2 Å². The van der Waals surface area contributed by atoms with Crippen LogP contribution in [0, 0.1) is 6.92 Å². The molecule has 0 bridgehead atoms. The second-order valence-corrected chi connectivity index (χ2v) is 5.79. The maximum Gasteiger partial charge on any atom is 0.251 e. The van der Waals surface area contributed by atoms with Gasteiger partial charge in [0.05, 0.1) is 17.8 Å². The number of nitrogens with zero attached hydrogens (tertiary/aromatic N) is 2. The summed E-state index contributed by atoms with van der Waals surface area (Å²) >= 11 is 1.14. The van der Waals surface area contributed by atoms with E-state index in [4.69, 9.17) is 4.74 Å². The number of fused-ring (bicyclic) bond motifs is 1. The number of aromatic nitrogens is 2. The van der Waals surface area contributed by atoms with Crippen LogP contribution in [-0.4, -0.2) is 28.3 Å². The molecule has 0 saturated heterocycles. The zero-order chi connectivity index (χ0) is 16.2. The molecule has 1 amide bonds. The lowest BCUT2D eigenvalue weighted by Gasteiger charge is -2.18. The predicted molar refractivity (Wildman–Crippen MR) is 90.7 cm³/mol. The molecule has 0 saturated carbocycles. The second-order valence-electron chi connectivity index (χ2n) is 5.26. The number of benzene rings is 2. The molecule has 1 N–H and O–H groups in total. The van der Waals surface area contributed by atoms with Crippen LogP contribution in [0.2, 0.25) is 0 Å². The maximum absolute atomic E-state index is 12.3. The third kappa shape index (κ3) is 3.38. The van der Waals surface area contributed by atoms with Gasteiger partial charge < -0.3 is 10.1 Å². The van der Waals surface area contributed by atoms with E-state index in [1.165, 1.54) is 0 Å². The fourth-order valence-electron chi connectivity index (χ4n) is 2.48. The molecule has 1 unspecified atom stereocenters. The van der Waals surface area contributed by atoms with Crippen LogP contribution in [0.25, 0.3) is 11.0 Å². The van der Waals surface area contributed by atoms with Crippen LogP contribution in [0.1, 0.15) is 27.6 Å². The maximum atomic E-state index is 12.3. The van der Waals surface area contributed by atoms with E-state index in [9.17, 15) is 4.79 Å². The Morgan fingerprint density at radius 1 is 1.22 bits per heavy atom. The van der Waals surface area contributed by atoms with Gasteiger partial charge in [0.15, 0.2) is 0 Å². The molecule has 0 aliphatic carbocycles. The molecular formula is C17H17N3O2S. The highest BCUT2D eigenvalue weighted by Crippen LogP contribution is 2.20. The Balaban J connectivity index is 1.71. The van der Waals surface area contributed by atoms with Gasteiger partial charge in [-0.25, -0.2) is 0 Å². The SMILES string of the molecule is COC(CNC(=O)c1ccc2nsnc2c1)c1ccccc1C. The van der Waals surface area contributed by atoms with Crippen LogP contribution >= 0.6 is 11.7 Å². The van der Waals surface area contributed by atoms with E-state index in [2.05, 4.69) is 14.1 Å². The van der Waals surface area contributed by atoms with Gasteiger partial charge in [-0.1, -0.05) is 24.3 Å². The number of amides is 1. The number of carbonyl (C=O) groups is 1. The smallest absolute Gasteiger partial charge is 0.251 e. The van der Waals surface area contributed by atoms with Gasteiger partial charge in [-0.3, -0.25) is 4.79 Å². The van der Waals surface area contributed by atoms with E-state index < -0.39 is 0 Å². The summed E-state index contributed by atoms with van der Waals surface area (Å²) in [4.78, 5) is 12.3. The number of rotatable bonds is 5. The van der Waals surface area contributed by atoms with Crippen molar-refractivity contribution in [1.82, 2.24) is 14.1 Å². The number of aryl methyl sites for hydroxylation is 1. The Morgan fingerprint density at radius 2 is 2.00 bits per heavy atom. The Bertz CT molecular complexity index is 831. The first-order valence-corrected chi connectivity index (χ1v) is 8.01. The summed E-state index contributed by atoms with van der Waals surface area (Å²) in [5.74, 6) is -0.143. The van der Waals surface area contributed by atoms with E-state index >= 15 is 0 Å². The largest absolute Gasteiger partial charge is 0.375 e. The topological polar surface area (TPSA) is 64.1 Å². The molecule has 3 rings (SSSR count). The average molecular weight is 327 g/mol. The van der Waals surface area contributed by atoms with Crippen molar-refractivity contribution in [2.45, 2.75) is 13.0 Å². The summed E-state index contributed by atoms with van der Waals surface area (Å²) in [6, 6.07) is 13.3. The number of methoxy groups -OCH3 is 1. The van der Waals surface area contributed by atoms with Gasteiger partial charge in [0, 0.05) is 19.2 Å². The molecule has 0 fully saturated rings. The monoisotopic (exact) mass is 327 g/mol. The van der Waals surface area contributed by atoms with Crippen LogP contribution in [0.4, 0.5) is 0 Å². The molecule has 1 aromatic heterocycles. The zero-order valence-corrected chi connectivity index (χ0v) is 13.8. The lowest BCUT2D eigenvalue weighted by Crippen LogP contribution is -2.29. The molecule has 0 radical (unpaired) electrons. The fraction of sp³-hybridized carbons (Fsp3) is 0.235. The van der Waals surface area contributed by atoms with Crippen LogP contribution in [0.15, 0.2) is 42.5 Å². The standard InChI is InChI=1S/C17H17N3O2S/c1-11-5-3-4-6-13(11)16(22-2)10-18-17(21)12-7-8-14-15(9-12)20-23-19-14/h3-9,16H,10H2,1-2H3,(H,18,21). The molecule has 0 aliphatic heterocycles. The summed E-state index contributed by atoms with van der Waals surface area (Å²) < 4.78 is 13.8. The third-order valence-electron chi connectivity index (χ3n) is 3.78. The molecule has 1 atom stereocenters. The Kier molecular flexibility index (Phi) is 4.64. The molecular weight excluding hydrogens is 310 g/mol. The minimum atomic E-state index is -0.176. The molecule has 2 aromatic carbocycles. The van der Waals surface area contributed by atoms with Crippen molar-refractivity contribution < 1.29 is 9.53 Å². The molecule has 3 aromatic rings. The molecule has 1 heterocycles. The first-order valence-electron chi connectivity index (χ1n) is 7.28. The van der Waals surface area contributed by atoms with Gasteiger partial charge in [-0.2, -0.15) is 8.75 Å². The predicted octanol–water partition coefficient (Wildman–Crippen LogP) is 3.12. The van der Waals surface area contributed by atoms with Crippen molar-refractivity contribution in [3.05, 3.63) is 59.2 Å². The van der Waals surface area contributed by atoms with E-state index in [0.717, 1.165) is 33.9 Å². The van der Waals surface area contributed by atoms with Crippen molar-refractivity contribution >= 4 is 28.7 Å². The number of hydrogen-bond acceptors (Lipinski definition) is 5. The normalized spacial score (nSPS) is 12.3. The average Bonchev–Trinajstić information content (AvgIpc) is 3.04. The second kappa shape index (κ2) is 6.85. The van der Waals surface area contributed by atoms with Gasteiger partial charge >= 0.3 is 0 Å². The number of ether oxygens (including phenoxy) is 1. The molecule has 0 spiro atoms. The highest BCUT2D eigenvalue weighted by atomic mass is 32.1. The number of nitrogens with one attached hydrogen (secondary N) is 1. The summed E-state index contributed by atoms with van der Waals surface area (Å²) in [6.45, 7) is 2.44. The van der Waals surface area contributed by atoms with Gasteiger partial charge in [-0.05, 0) is 36.2 Å². The first kappa shape index (κ1) is 15.6. The molecule has 118 valence electrons. The fourth-order valence-corrected chi connectivity index (χ4v) is 3.00. The quantitative estimate of drug-likeness (QED) is 0.782. The van der Waals surface area contributed by atoms with E-state index in [-0.39, 0.29) is 12.0 Å². The molecule has 6 heteroatoms. The summed E-state index contributed by atoms with van der Waals surface area (Å²) in [6.07, 6.45) is -0.176. The highest BCUT2D eigenvalue weighted by Gasteiger charge is 2.15. The molecule has 23 heavy (non-hydrogen) atoms. The lowest BCUT2D eigenvalue weighted by molar-refractivity contribution is 0.0826. The van der Waals surface area contributed by atoms with Crippen LogP contribution in [0.5, 0.6) is 0 Å².